The highest BCUT2D eigenvalue weighted by Crippen LogP contribution is 2.20. The number of nitrogens with one attached hydrogen (secondary N) is 1. The summed E-state index contributed by atoms with van der Waals surface area (Å²) in [6.07, 6.45) is -0.846. The Labute approximate surface area is 151 Å². The largest absolute Gasteiger partial charge is 0.444 e. The normalized spacial score (nSPS) is 20.5. The zero-order valence-corrected chi connectivity index (χ0v) is 15.4. The molecule has 0 bridgehead atoms. The zero-order chi connectivity index (χ0) is 18.8. The number of methoxy groups -OCH3 is 1. The van der Waals surface area contributed by atoms with Crippen molar-refractivity contribution in [2.45, 2.75) is 38.5 Å². The molecule has 1 aliphatic rings. The summed E-state index contributed by atoms with van der Waals surface area (Å²) in [4.78, 5) is 26.1. The molecule has 0 unspecified atom stereocenters. The van der Waals surface area contributed by atoms with E-state index in [2.05, 4.69) is 5.32 Å². The fraction of sp³-hybridized carbons (Fsp3) is 0.529. The smallest absolute Gasteiger partial charge is 0.410 e. The van der Waals surface area contributed by atoms with Crippen molar-refractivity contribution in [1.29, 1.82) is 0 Å². The number of rotatable bonds is 3. The summed E-state index contributed by atoms with van der Waals surface area (Å²) in [5.41, 5.74) is -0.448. The van der Waals surface area contributed by atoms with E-state index in [1.165, 1.54) is 18.1 Å². The molecule has 1 aromatic rings. The van der Waals surface area contributed by atoms with Crippen molar-refractivity contribution in [2.75, 3.05) is 20.2 Å². The summed E-state index contributed by atoms with van der Waals surface area (Å²) in [6.45, 7) is 5.89. The fourth-order valence-electron chi connectivity index (χ4n) is 2.55. The van der Waals surface area contributed by atoms with Gasteiger partial charge in [0.15, 0.2) is 0 Å². The molecular weight excluding hydrogens is 351 g/mol. The predicted octanol–water partition coefficient (Wildman–Crippen LogP) is 2.84. The van der Waals surface area contributed by atoms with E-state index >= 15 is 0 Å². The third kappa shape index (κ3) is 5.06. The van der Waals surface area contributed by atoms with Gasteiger partial charge in [-0.2, -0.15) is 0 Å². The van der Waals surface area contributed by atoms with E-state index in [0.717, 1.165) is 12.1 Å². The molecule has 0 radical (unpaired) electrons. The number of hydrogen-bond donors (Lipinski definition) is 1. The SMILES string of the molecule is CO[C@H]1CN(C(=O)OC(C)(C)C)C[C@@H]1NC(=O)c1ccc(F)cc1Cl. The van der Waals surface area contributed by atoms with Crippen molar-refractivity contribution >= 4 is 23.6 Å². The van der Waals surface area contributed by atoms with Gasteiger partial charge in [-0.1, -0.05) is 11.6 Å². The van der Waals surface area contributed by atoms with Gasteiger partial charge in [0, 0.05) is 13.7 Å². The molecule has 1 saturated heterocycles. The quantitative estimate of drug-likeness (QED) is 0.885. The van der Waals surface area contributed by atoms with E-state index in [1.807, 2.05) is 0 Å². The molecule has 1 aliphatic heterocycles. The fourth-order valence-corrected chi connectivity index (χ4v) is 2.80. The molecule has 1 aromatic carbocycles. The van der Waals surface area contributed by atoms with Crippen LogP contribution in [-0.2, 0) is 9.47 Å². The number of benzene rings is 1. The molecule has 1 fully saturated rings. The predicted molar refractivity (Wildman–Crippen MR) is 91.3 cm³/mol. The lowest BCUT2D eigenvalue weighted by Gasteiger charge is -2.24. The average Bonchev–Trinajstić information content (AvgIpc) is 2.88. The van der Waals surface area contributed by atoms with Crippen LogP contribution in [0.1, 0.15) is 31.1 Å². The van der Waals surface area contributed by atoms with Crippen molar-refractivity contribution in [1.82, 2.24) is 10.2 Å². The molecular formula is C17H22ClFN2O4. The summed E-state index contributed by atoms with van der Waals surface area (Å²) in [5, 5.41) is 2.81. The number of carbonyl (C=O) groups excluding carboxylic acids is 2. The first-order valence-electron chi connectivity index (χ1n) is 7.87. The standard InChI is InChI=1S/C17H22ClFN2O4/c1-17(2,3)25-16(23)21-8-13(14(9-21)24-4)20-15(22)11-6-5-10(19)7-12(11)18/h5-7,13-14H,8-9H2,1-4H3,(H,20,22)/t13-,14-/m0/s1. The highest BCUT2D eigenvalue weighted by molar-refractivity contribution is 6.33. The molecule has 25 heavy (non-hydrogen) atoms. The van der Waals surface area contributed by atoms with Crippen LogP contribution in [0.25, 0.3) is 0 Å². The first-order valence-corrected chi connectivity index (χ1v) is 8.25. The molecule has 8 heteroatoms. The van der Waals surface area contributed by atoms with Gasteiger partial charge in [-0.05, 0) is 39.0 Å². The Kier molecular flexibility index (Phi) is 5.90. The van der Waals surface area contributed by atoms with Gasteiger partial charge in [-0.15, -0.1) is 0 Å². The highest BCUT2D eigenvalue weighted by atomic mass is 35.5. The van der Waals surface area contributed by atoms with Crippen molar-refractivity contribution in [3.8, 4) is 0 Å². The summed E-state index contributed by atoms with van der Waals surface area (Å²) in [6, 6.07) is 3.13. The summed E-state index contributed by atoms with van der Waals surface area (Å²) < 4.78 is 23.8. The maximum Gasteiger partial charge on any atom is 0.410 e. The molecule has 1 N–H and O–H groups in total. The topological polar surface area (TPSA) is 67.9 Å². The van der Waals surface area contributed by atoms with Gasteiger partial charge >= 0.3 is 6.09 Å². The third-order valence-electron chi connectivity index (χ3n) is 3.71. The minimum absolute atomic E-state index is 0.0217. The average molecular weight is 373 g/mol. The highest BCUT2D eigenvalue weighted by Gasteiger charge is 2.38. The Bertz CT molecular complexity index is 663. The van der Waals surface area contributed by atoms with Crippen molar-refractivity contribution in [2.24, 2.45) is 0 Å². The molecule has 2 amide bonds. The van der Waals surface area contributed by atoms with Gasteiger partial charge in [-0.3, -0.25) is 4.79 Å². The molecule has 138 valence electrons. The minimum Gasteiger partial charge on any atom is -0.444 e. The van der Waals surface area contributed by atoms with Gasteiger partial charge in [0.1, 0.15) is 11.4 Å². The summed E-state index contributed by atoms with van der Waals surface area (Å²) in [5.74, 6) is -0.976. The van der Waals surface area contributed by atoms with Crippen LogP contribution in [0.5, 0.6) is 0 Å². The minimum atomic E-state index is -0.609. The summed E-state index contributed by atoms with van der Waals surface area (Å²) in [7, 11) is 1.51. The molecule has 1 heterocycles. The number of likely N-dealkylation sites (tertiary alicyclic amines) is 1. The van der Waals surface area contributed by atoms with Gasteiger partial charge in [-0.25, -0.2) is 9.18 Å². The first-order chi connectivity index (χ1) is 11.6. The Morgan fingerprint density at radius 2 is 2.00 bits per heavy atom. The van der Waals surface area contributed by atoms with Gasteiger partial charge in [0.2, 0.25) is 0 Å². The lowest BCUT2D eigenvalue weighted by Crippen LogP contribution is -2.44. The van der Waals surface area contributed by atoms with Gasteiger partial charge < -0.3 is 19.7 Å². The summed E-state index contributed by atoms with van der Waals surface area (Å²) >= 11 is 5.92. The van der Waals surface area contributed by atoms with Crippen molar-refractivity contribution in [3.05, 3.63) is 34.6 Å². The molecule has 2 rings (SSSR count). The molecule has 0 spiro atoms. The van der Waals surface area contributed by atoms with Crippen LogP contribution in [0.15, 0.2) is 18.2 Å². The second kappa shape index (κ2) is 7.58. The number of halogens is 2. The van der Waals surface area contributed by atoms with E-state index < -0.39 is 29.5 Å². The van der Waals surface area contributed by atoms with Crippen LogP contribution in [0.3, 0.4) is 0 Å². The number of carbonyl (C=O) groups is 2. The number of hydrogen-bond acceptors (Lipinski definition) is 4. The molecule has 6 nitrogen and oxygen atoms in total. The number of amides is 2. The van der Waals surface area contributed by atoms with Crippen molar-refractivity contribution < 1.29 is 23.5 Å². The molecule has 0 aliphatic carbocycles. The number of ether oxygens (including phenoxy) is 2. The van der Waals surface area contributed by atoms with Crippen LogP contribution in [0, 0.1) is 5.82 Å². The lowest BCUT2D eigenvalue weighted by molar-refractivity contribution is 0.0252. The van der Waals surface area contributed by atoms with Crippen molar-refractivity contribution in [3.63, 3.8) is 0 Å². The Hall–Kier alpha value is -1.86. The third-order valence-corrected chi connectivity index (χ3v) is 4.03. The Balaban J connectivity index is 2.05. The van der Waals surface area contributed by atoms with Crippen LogP contribution < -0.4 is 5.32 Å². The van der Waals surface area contributed by atoms with Gasteiger partial charge in [0.25, 0.3) is 5.91 Å². The van der Waals surface area contributed by atoms with Crippen LogP contribution in [0.2, 0.25) is 5.02 Å². The zero-order valence-electron chi connectivity index (χ0n) is 14.6. The second-order valence-corrected chi connectivity index (χ2v) is 7.27. The van der Waals surface area contributed by atoms with Crippen LogP contribution >= 0.6 is 11.6 Å². The van der Waals surface area contributed by atoms with Gasteiger partial charge in [0.05, 0.1) is 29.3 Å². The molecule has 0 aromatic heterocycles. The number of nitrogens with zero attached hydrogens (tertiary/aromatic N) is 1. The lowest BCUT2D eigenvalue weighted by atomic mass is 10.1. The monoisotopic (exact) mass is 372 g/mol. The Morgan fingerprint density at radius 3 is 2.56 bits per heavy atom. The maximum atomic E-state index is 13.1. The first kappa shape index (κ1) is 19.5. The van der Waals surface area contributed by atoms with Crippen LogP contribution in [-0.4, -0.2) is 54.8 Å². The second-order valence-electron chi connectivity index (χ2n) is 6.86. The molecule has 2 atom stereocenters. The van der Waals surface area contributed by atoms with E-state index in [-0.39, 0.29) is 23.2 Å². The van der Waals surface area contributed by atoms with Crippen LogP contribution in [0.4, 0.5) is 9.18 Å². The van der Waals surface area contributed by atoms with E-state index in [9.17, 15) is 14.0 Å². The van der Waals surface area contributed by atoms with E-state index in [1.54, 1.807) is 20.8 Å². The van der Waals surface area contributed by atoms with E-state index in [0.29, 0.717) is 6.54 Å². The van der Waals surface area contributed by atoms with E-state index in [4.69, 9.17) is 21.1 Å². The Morgan fingerprint density at radius 1 is 1.32 bits per heavy atom. The maximum absolute atomic E-state index is 13.1. The molecule has 0 saturated carbocycles.